The van der Waals surface area contributed by atoms with Crippen LogP contribution in [0.15, 0.2) is 23.0 Å². The van der Waals surface area contributed by atoms with Gasteiger partial charge in [-0.15, -0.1) is 11.3 Å². The highest BCUT2D eigenvalue weighted by Crippen LogP contribution is 2.28. The van der Waals surface area contributed by atoms with Crippen molar-refractivity contribution in [3.05, 3.63) is 55.4 Å². The summed E-state index contributed by atoms with van der Waals surface area (Å²) in [5.74, 6) is 0.0317. The molecule has 3 rings (SSSR count). The highest BCUT2D eigenvalue weighted by molar-refractivity contribution is 7.18. The average molecular weight is 393 g/mol. The number of halogens is 1. The minimum Gasteiger partial charge on any atom is -0.496 e. The van der Waals surface area contributed by atoms with Crippen LogP contribution < -0.4 is 10.3 Å². The number of hydrogen-bond donors (Lipinski definition) is 1. The van der Waals surface area contributed by atoms with Gasteiger partial charge in [-0.2, -0.15) is 0 Å². The predicted octanol–water partition coefficient (Wildman–Crippen LogP) is 4.18. The molecule has 0 aliphatic heterocycles. The van der Waals surface area contributed by atoms with Crippen molar-refractivity contribution in [2.45, 2.75) is 26.9 Å². The van der Waals surface area contributed by atoms with Gasteiger partial charge >= 0.3 is 5.97 Å². The molecule has 0 fully saturated rings. The molecule has 0 amide bonds. The van der Waals surface area contributed by atoms with E-state index < -0.39 is 12.1 Å². The number of benzene rings is 1. The summed E-state index contributed by atoms with van der Waals surface area (Å²) in [5, 5.41) is 0.967. The number of aryl methyl sites for hydroxylation is 2. The number of H-pyrrole nitrogens is 1. The third-order valence-electron chi connectivity index (χ3n) is 4.11. The first kappa shape index (κ1) is 18.4. The number of aromatic amines is 1. The van der Waals surface area contributed by atoms with Crippen LogP contribution in [0.4, 0.5) is 0 Å². The molecule has 0 radical (unpaired) electrons. The van der Waals surface area contributed by atoms with Gasteiger partial charge < -0.3 is 14.5 Å². The molecule has 1 atom stereocenters. The van der Waals surface area contributed by atoms with Gasteiger partial charge in [0.15, 0.2) is 11.9 Å². The number of fused-ring (bicyclic) bond motifs is 1. The molecule has 3 aromatic rings. The Bertz CT molecular complexity index is 1060. The number of carbonyl (C=O) groups excluding carboxylic acids is 1. The van der Waals surface area contributed by atoms with Crippen LogP contribution in [0.3, 0.4) is 0 Å². The topological polar surface area (TPSA) is 81.3 Å². The Labute approximate surface area is 158 Å². The van der Waals surface area contributed by atoms with E-state index in [2.05, 4.69) is 9.97 Å². The number of rotatable bonds is 4. The summed E-state index contributed by atoms with van der Waals surface area (Å²) in [6.07, 6.45) is -0.744. The molecule has 8 heteroatoms. The fourth-order valence-electron chi connectivity index (χ4n) is 2.58. The lowest BCUT2D eigenvalue weighted by Crippen LogP contribution is -2.17. The lowest BCUT2D eigenvalue weighted by atomic mass is 10.2. The average Bonchev–Trinajstić information content (AvgIpc) is 2.89. The number of esters is 1. The molecule has 2 heterocycles. The van der Waals surface area contributed by atoms with Crippen molar-refractivity contribution < 1.29 is 14.3 Å². The van der Waals surface area contributed by atoms with E-state index >= 15 is 0 Å². The Morgan fingerprint density at radius 2 is 2.08 bits per heavy atom. The van der Waals surface area contributed by atoms with Crippen LogP contribution >= 0.6 is 22.9 Å². The van der Waals surface area contributed by atoms with E-state index in [0.717, 1.165) is 10.4 Å². The molecule has 0 saturated carbocycles. The van der Waals surface area contributed by atoms with E-state index in [1.807, 2.05) is 13.8 Å². The molecule has 6 nitrogen and oxygen atoms in total. The van der Waals surface area contributed by atoms with E-state index in [1.165, 1.54) is 24.5 Å². The summed E-state index contributed by atoms with van der Waals surface area (Å²) >= 11 is 7.39. The van der Waals surface area contributed by atoms with Crippen molar-refractivity contribution in [2.24, 2.45) is 0 Å². The molecule has 0 bridgehead atoms. The monoisotopic (exact) mass is 392 g/mol. The van der Waals surface area contributed by atoms with Crippen LogP contribution in [-0.4, -0.2) is 23.0 Å². The molecule has 1 aromatic carbocycles. The van der Waals surface area contributed by atoms with Crippen molar-refractivity contribution in [3.8, 4) is 5.75 Å². The fourth-order valence-corrected chi connectivity index (χ4v) is 3.79. The van der Waals surface area contributed by atoms with Crippen molar-refractivity contribution >= 4 is 39.1 Å². The van der Waals surface area contributed by atoms with E-state index in [1.54, 1.807) is 19.1 Å². The lowest BCUT2D eigenvalue weighted by Gasteiger charge is -2.14. The normalized spacial score (nSPS) is 12.2. The maximum atomic E-state index is 12.5. The Morgan fingerprint density at radius 3 is 2.77 bits per heavy atom. The number of aromatic nitrogens is 2. The van der Waals surface area contributed by atoms with Gasteiger partial charge in [0.2, 0.25) is 0 Å². The molecular formula is C18H17ClN2O4S. The van der Waals surface area contributed by atoms with Crippen LogP contribution in [0.5, 0.6) is 5.75 Å². The van der Waals surface area contributed by atoms with Gasteiger partial charge in [-0.25, -0.2) is 9.78 Å². The third kappa shape index (κ3) is 3.32. The molecular weight excluding hydrogens is 376 g/mol. The SMILES string of the molecule is COc1ccc(Cl)cc1C(=O)OC(C)c1nc2sc(C)c(C)c2c(=O)[nH]1. The lowest BCUT2D eigenvalue weighted by molar-refractivity contribution is 0.0316. The van der Waals surface area contributed by atoms with Gasteiger partial charge in [-0.3, -0.25) is 4.79 Å². The van der Waals surface area contributed by atoms with Gasteiger partial charge in [-0.05, 0) is 44.5 Å². The van der Waals surface area contributed by atoms with Crippen molar-refractivity contribution in [3.63, 3.8) is 0 Å². The molecule has 1 N–H and O–H groups in total. The highest BCUT2D eigenvalue weighted by Gasteiger charge is 2.21. The molecule has 0 aliphatic carbocycles. The van der Waals surface area contributed by atoms with Gasteiger partial charge in [0, 0.05) is 9.90 Å². The van der Waals surface area contributed by atoms with Gasteiger partial charge in [0.1, 0.15) is 16.1 Å². The zero-order chi connectivity index (χ0) is 19.0. The fraction of sp³-hybridized carbons (Fsp3) is 0.278. The summed E-state index contributed by atoms with van der Waals surface area (Å²) in [6.45, 7) is 5.47. The largest absolute Gasteiger partial charge is 0.496 e. The minimum absolute atomic E-state index is 0.207. The van der Waals surface area contributed by atoms with Crippen molar-refractivity contribution in [1.82, 2.24) is 9.97 Å². The zero-order valence-corrected chi connectivity index (χ0v) is 16.2. The highest BCUT2D eigenvalue weighted by atomic mass is 35.5. The van der Waals surface area contributed by atoms with Gasteiger partial charge in [0.05, 0.1) is 12.5 Å². The smallest absolute Gasteiger partial charge is 0.342 e. The van der Waals surface area contributed by atoms with E-state index in [9.17, 15) is 9.59 Å². The molecule has 1 unspecified atom stereocenters. The quantitative estimate of drug-likeness (QED) is 0.673. The van der Waals surface area contributed by atoms with Gasteiger partial charge in [-0.1, -0.05) is 11.6 Å². The Morgan fingerprint density at radius 1 is 1.35 bits per heavy atom. The second-order valence-corrected chi connectivity index (χ2v) is 7.45. The van der Waals surface area contributed by atoms with E-state index in [-0.39, 0.29) is 16.9 Å². The van der Waals surface area contributed by atoms with Crippen molar-refractivity contribution in [1.29, 1.82) is 0 Å². The number of ether oxygens (including phenoxy) is 2. The summed E-state index contributed by atoms with van der Waals surface area (Å²) in [7, 11) is 1.46. The standard InChI is InChI=1S/C18H17ClN2O4S/c1-8-10(3)26-17-14(8)16(22)20-15(21-17)9(2)25-18(23)12-7-11(19)5-6-13(12)24-4/h5-7,9H,1-4H3,(H,20,21,22). The summed E-state index contributed by atoms with van der Waals surface area (Å²) in [6, 6.07) is 4.68. The summed E-state index contributed by atoms with van der Waals surface area (Å²) in [4.78, 5) is 33.7. The second kappa shape index (κ2) is 7.09. The first-order valence-corrected chi connectivity index (χ1v) is 9.05. The molecule has 2 aromatic heterocycles. The Balaban J connectivity index is 1.92. The first-order valence-electron chi connectivity index (χ1n) is 7.86. The number of hydrogen-bond acceptors (Lipinski definition) is 6. The van der Waals surface area contributed by atoms with Crippen LogP contribution in [0.25, 0.3) is 10.2 Å². The number of thiophene rings is 1. The van der Waals surface area contributed by atoms with Gasteiger partial charge in [0.25, 0.3) is 5.56 Å². The number of nitrogens with one attached hydrogen (secondary N) is 1. The minimum atomic E-state index is -0.744. The maximum Gasteiger partial charge on any atom is 0.342 e. The van der Waals surface area contributed by atoms with Crippen LogP contribution in [-0.2, 0) is 4.74 Å². The number of carbonyl (C=O) groups is 1. The van der Waals surface area contributed by atoms with E-state index in [0.29, 0.717) is 21.0 Å². The first-order chi connectivity index (χ1) is 12.3. The van der Waals surface area contributed by atoms with Crippen LogP contribution in [0.2, 0.25) is 5.02 Å². The van der Waals surface area contributed by atoms with Crippen LogP contribution in [0, 0.1) is 13.8 Å². The molecule has 136 valence electrons. The third-order valence-corrected chi connectivity index (χ3v) is 5.44. The summed E-state index contributed by atoms with van der Waals surface area (Å²) < 4.78 is 10.6. The Hall–Kier alpha value is -2.38. The molecule has 0 saturated heterocycles. The molecule has 0 aliphatic rings. The molecule has 26 heavy (non-hydrogen) atoms. The predicted molar refractivity (Wildman–Crippen MR) is 102 cm³/mol. The number of nitrogens with zero attached hydrogens (tertiary/aromatic N) is 1. The number of methoxy groups -OCH3 is 1. The molecule has 0 spiro atoms. The van der Waals surface area contributed by atoms with Crippen molar-refractivity contribution in [2.75, 3.05) is 7.11 Å². The Kier molecular flexibility index (Phi) is 5.02. The maximum absolute atomic E-state index is 12.5. The summed E-state index contributed by atoms with van der Waals surface area (Å²) in [5.41, 5.74) is 0.881. The van der Waals surface area contributed by atoms with Crippen LogP contribution in [0.1, 0.15) is 39.7 Å². The zero-order valence-electron chi connectivity index (χ0n) is 14.7. The second-order valence-electron chi connectivity index (χ2n) is 5.81. The van der Waals surface area contributed by atoms with E-state index in [4.69, 9.17) is 21.1 Å².